The minimum absolute atomic E-state index is 0.0327. The highest BCUT2D eigenvalue weighted by atomic mass is 19.1. The van der Waals surface area contributed by atoms with Crippen LogP contribution in [0.4, 0.5) is 10.1 Å². The van der Waals surface area contributed by atoms with E-state index in [0.29, 0.717) is 12.2 Å². The molecule has 0 spiro atoms. The molecule has 1 aliphatic rings. The van der Waals surface area contributed by atoms with Gasteiger partial charge in [0.25, 0.3) is 0 Å². The molecule has 0 radical (unpaired) electrons. The third-order valence-corrected chi connectivity index (χ3v) is 6.75. The number of piperazine rings is 1. The maximum absolute atomic E-state index is 13.9. The second-order valence-corrected chi connectivity index (χ2v) is 11.5. The van der Waals surface area contributed by atoms with Gasteiger partial charge in [0.2, 0.25) is 11.8 Å². The van der Waals surface area contributed by atoms with Gasteiger partial charge in [0.05, 0.1) is 18.2 Å². The molecule has 0 aromatic heterocycles. The molecule has 0 bridgehead atoms. The number of aliphatic hydroxyl groups is 2. The molecule has 2 rings (SSSR count). The van der Waals surface area contributed by atoms with Crippen molar-refractivity contribution in [2.75, 3.05) is 31.1 Å². The van der Waals surface area contributed by atoms with E-state index in [0.717, 1.165) is 5.56 Å². The van der Waals surface area contributed by atoms with Gasteiger partial charge in [0.15, 0.2) is 0 Å². The van der Waals surface area contributed by atoms with Gasteiger partial charge >= 0.3 is 0 Å². The second kappa shape index (κ2) is 11.3. The van der Waals surface area contributed by atoms with Gasteiger partial charge in [-0.25, -0.2) is 4.39 Å². The Morgan fingerprint density at radius 2 is 1.94 bits per heavy atom. The summed E-state index contributed by atoms with van der Waals surface area (Å²) in [5.41, 5.74) is 6.24. The number of nitrogens with zero attached hydrogens (tertiary/aromatic N) is 2. The highest BCUT2D eigenvalue weighted by Gasteiger charge is 2.40. The zero-order valence-corrected chi connectivity index (χ0v) is 22.1. The number of carbonyl (C=O) groups excluding carboxylic acids is 2. The van der Waals surface area contributed by atoms with Crippen molar-refractivity contribution in [3.8, 4) is 0 Å². The molecule has 1 aliphatic heterocycles. The van der Waals surface area contributed by atoms with Crippen LogP contribution < -0.4 is 16.0 Å². The van der Waals surface area contributed by atoms with Crippen LogP contribution in [-0.4, -0.2) is 76.4 Å². The lowest BCUT2D eigenvalue weighted by Crippen LogP contribution is -2.64. The Morgan fingerprint density at radius 1 is 1.31 bits per heavy atom. The van der Waals surface area contributed by atoms with Crippen LogP contribution in [0.15, 0.2) is 18.2 Å². The van der Waals surface area contributed by atoms with Crippen LogP contribution in [0, 0.1) is 24.6 Å². The molecule has 198 valence electrons. The van der Waals surface area contributed by atoms with Crippen LogP contribution in [0.2, 0.25) is 0 Å². The maximum atomic E-state index is 13.9. The molecule has 1 fully saturated rings. The van der Waals surface area contributed by atoms with E-state index in [4.69, 9.17) is 5.73 Å². The molecule has 1 aromatic rings. The number of rotatable bonds is 10. The van der Waals surface area contributed by atoms with Gasteiger partial charge in [-0.15, -0.1) is 0 Å². The van der Waals surface area contributed by atoms with Crippen molar-refractivity contribution in [2.24, 2.45) is 17.6 Å². The van der Waals surface area contributed by atoms with E-state index < -0.39 is 35.0 Å². The van der Waals surface area contributed by atoms with E-state index in [1.165, 1.54) is 12.1 Å². The third kappa shape index (κ3) is 7.96. The van der Waals surface area contributed by atoms with Crippen molar-refractivity contribution in [3.63, 3.8) is 0 Å². The average Bonchev–Trinajstić information content (AvgIpc) is 2.73. The number of hydrogen-bond donors (Lipinski definition) is 4. The van der Waals surface area contributed by atoms with Crippen molar-refractivity contribution in [3.05, 3.63) is 29.6 Å². The molecule has 0 aliphatic carbocycles. The van der Waals surface area contributed by atoms with E-state index in [-0.39, 0.29) is 43.8 Å². The number of nitrogens with two attached hydrogens (primary N) is 1. The fraction of sp³-hybridized carbons (Fsp3) is 0.692. The number of carbonyl (C=O) groups is 2. The molecule has 1 heterocycles. The highest BCUT2D eigenvalue weighted by Crippen LogP contribution is 2.30. The topological polar surface area (TPSA) is 119 Å². The lowest BCUT2D eigenvalue weighted by Gasteiger charge is -2.48. The number of halogens is 1. The molecule has 9 heteroatoms. The largest absolute Gasteiger partial charge is 0.391 e. The van der Waals surface area contributed by atoms with Crippen LogP contribution in [0.1, 0.15) is 53.5 Å². The van der Waals surface area contributed by atoms with Crippen LogP contribution in [-0.2, 0) is 9.59 Å². The first-order valence-electron chi connectivity index (χ1n) is 12.3. The molecular weight excluding hydrogens is 451 g/mol. The molecule has 2 amide bonds. The lowest BCUT2D eigenvalue weighted by atomic mass is 9.86. The fourth-order valence-electron chi connectivity index (χ4n) is 4.37. The maximum Gasteiger partial charge on any atom is 0.241 e. The summed E-state index contributed by atoms with van der Waals surface area (Å²) in [6.07, 6.45) is -0.780. The van der Waals surface area contributed by atoms with E-state index >= 15 is 0 Å². The number of aliphatic hydroxyl groups excluding tert-OH is 1. The molecule has 1 aromatic carbocycles. The van der Waals surface area contributed by atoms with Crippen molar-refractivity contribution in [1.82, 2.24) is 10.2 Å². The summed E-state index contributed by atoms with van der Waals surface area (Å²) in [5.74, 6) is -1.29. The second-order valence-electron chi connectivity index (χ2n) is 11.5. The number of nitrogens with one attached hydrogen (secondary N) is 1. The molecule has 0 saturated carbocycles. The van der Waals surface area contributed by atoms with Crippen molar-refractivity contribution in [1.29, 1.82) is 0 Å². The molecule has 1 saturated heterocycles. The summed E-state index contributed by atoms with van der Waals surface area (Å²) in [5, 5.41) is 23.5. The molecular formula is C26H43FN4O4. The zero-order chi connectivity index (χ0) is 26.7. The predicted molar refractivity (Wildman–Crippen MR) is 135 cm³/mol. The fourth-order valence-corrected chi connectivity index (χ4v) is 4.37. The Morgan fingerprint density at radius 3 is 2.51 bits per heavy atom. The molecule has 8 nitrogen and oxygen atoms in total. The van der Waals surface area contributed by atoms with Gasteiger partial charge in [-0.3, -0.25) is 14.5 Å². The first-order valence-corrected chi connectivity index (χ1v) is 12.3. The van der Waals surface area contributed by atoms with Crippen molar-refractivity contribution in [2.45, 2.75) is 78.2 Å². The van der Waals surface area contributed by atoms with E-state index in [1.54, 1.807) is 24.8 Å². The Hall–Kier alpha value is -2.07. The minimum Gasteiger partial charge on any atom is -0.391 e. The first kappa shape index (κ1) is 29.2. The van der Waals surface area contributed by atoms with Crippen molar-refractivity contribution >= 4 is 17.5 Å². The summed E-state index contributed by atoms with van der Waals surface area (Å²) in [6, 6.07) is 3.74. The summed E-state index contributed by atoms with van der Waals surface area (Å²) in [6.45, 7) is 13.7. The van der Waals surface area contributed by atoms with E-state index in [9.17, 15) is 24.2 Å². The summed E-state index contributed by atoms with van der Waals surface area (Å²) < 4.78 is 13.9. The number of benzene rings is 1. The highest BCUT2D eigenvalue weighted by molar-refractivity contribution is 5.96. The summed E-state index contributed by atoms with van der Waals surface area (Å²) in [4.78, 5) is 29.2. The van der Waals surface area contributed by atoms with Gasteiger partial charge in [-0.2, -0.15) is 0 Å². The van der Waals surface area contributed by atoms with Crippen LogP contribution in [0.25, 0.3) is 0 Å². The van der Waals surface area contributed by atoms with E-state index in [2.05, 4.69) is 5.32 Å². The normalized spacial score (nSPS) is 19.5. The Balaban J connectivity index is 2.06. The van der Waals surface area contributed by atoms with Gasteiger partial charge in [0, 0.05) is 42.8 Å². The number of anilines is 1. The first-order chi connectivity index (χ1) is 16.0. The minimum atomic E-state index is -1.03. The SMILES string of the molecule is Cc1ccc(F)cc1N1CC(C)(C)N(C[C@H](N)[C@@H](O)C[C@H](C(=O)NCC(C)(C)O)C(C)C)CC1=O. The van der Waals surface area contributed by atoms with E-state index in [1.807, 2.05) is 39.5 Å². The number of amides is 2. The Kier molecular flexibility index (Phi) is 9.44. The Bertz CT molecular complexity index is 900. The summed E-state index contributed by atoms with van der Waals surface area (Å²) >= 11 is 0. The average molecular weight is 495 g/mol. The zero-order valence-electron chi connectivity index (χ0n) is 22.1. The molecule has 3 atom stereocenters. The number of hydrogen-bond acceptors (Lipinski definition) is 6. The van der Waals surface area contributed by atoms with Crippen LogP contribution >= 0.6 is 0 Å². The Labute approximate surface area is 208 Å². The third-order valence-electron chi connectivity index (χ3n) is 6.75. The quantitative estimate of drug-likeness (QED) is 0.394. The number of aryl methyl sites for hydroxylation is 1. The predicted octanol–water partition coefficient (Wildman–Crippen LogP) is 1.80. The van der Waals surface area contributed by atoms with Gasteiger partial charge in [-0.1, -0.05) is 19.9 Å². The molecule has 35 heavy (non-hydrogen) atoms. The summed E-state index contributed by atoms with van der Waals surface area (Å²) in [7, 11) is 0. The molecule has 0 unspecified atom stereocenters. The van der Waals surface area contributed by atoms with Crippen molar-refractivity contribution < 1.29 is 24.2 Å². The van der Waals surface area contributed by atoms with Gasteiger partial charge in [0.1, 0.15) is 5.82 Å². The monoisotopic (exact) mass is 494 g/mol. The van der Waals surface area contributed by atoms with Gasteiger partial charge in [-0.05, 0) is 64.7 Å². The van der Waals surface area contributed by atoms with Gasteiger partial charge < -0.3 is 26.2 Å². The smallest absolute Gasteiger partial charge is 0.241 e. The molecule has 5 N–H and O–H groups in total. The van der Waals surface area contributed by atoms with Crippen LogP contribution in [0.5, 0.6) is 0 Å². The standard InChI is InChI=1S/C26H43FN4O4/c1-16(2)19(24(34)29-14-26(6,7)35)11-22(32)20(28)12-30-13-23(33)31(15-25(30,4)5)21-10-18(27)9-8-17(21)3/h8-10,16,19-20,22,32,35H,11-15,28H2,1-7H3,(H,29,34)/t19-,20-,22-/m0/s1. The van der Waals surface area contributed by atoms with Crippen LogP contribution in [0.3, 0.4) is 0 Å². The lowest BCUT2D eigenvalue weighted by molar-refractivity contribution is -0.128.